The molecule has 0 nitrogen and oxygen atoms in total. The maximum atomic E-state index is 15.3. The molecule has 36 heavy (non-hydrogen) atoms. The molecule has 0 heterocycles. The van der Waals surface area contributed by atoms with E-state index in [9.17, 15) is 0 Å². The van der Waals surface area contributed by atoms with Crippen LogP contribution in [0.15, 0.2) is 54.6 Å². The van der Waals surface area contributed by atoms with Crippen LogP contribution in [0.1, 0.15) is 119 Å². The van der Waals surface area contributed by atoms with Gasteiger partial charge in [-0.3, -0.25) is 0 Å². The summed E-state index contributed by atoms with van der Waals surface area (Å²) in [6, 6.07) is 18.7. The van der Waals surface area contributed by atoms with Crippen LogP contribution in [0.2, 0.25) is 0 Å². The van der Waals surface area contributed by atoms with Gasteiger partial charge in [-0.05, 0) is 85.1 Å². The molecule has 0 spiro atoms. The van der Waals surface area contributed by atoms with Crippen molar-refractivity contribution in [1.29, 1.82) is 0 Å². The van der Waals surface area contributed by atoms with Crippen LogP contribution >= 0.6 is 0 Å². The zero-order valence-corrected chi connectivity index (χ0v) is 22.4. The van der Waals surface area contributed by atoms with Crippen molar-refractivity contribution >= 4 is 10.8 Å². The molecule has 0 atom stereocenters. The zero-order chi connectivity index (χ0) is 25.2. The fraction of sp³-hybridized carbons (Fsp3) is 0.486. The lowest BCUT2D eigenvalue weighted by molar-refractivity contribution is 0.302. The van der Waals surface area contributed by atoms with Crippen molar-refractivity contribution < 1.29 is 4.39 Å². The normalized spacial score (nSPS) is 17.6. The Morgan fingerprint density at radius 1 is 0.750 bits per heavy atom. The number of aryl methyl sites for hydroxylation is 1. The van der Waals surface area contributed by atoms with Crippen LogP contribution in [0.5, 0.6) is 0 Å². The van der Waals surface area contributed by atoms with Crippen LogP contribution in [0.25, 0.3) is 10.8 Å². The van der Waals surface area contributed by atoms with E-state index in [1.54, 1.807) is 0 Å². The van der Waals surface area contributed by atoms with Crippen LogP contribution < -0.4 is 0 Å². The van der Waals surface area contributed by atoms with E-state index in [0.717, 1.165) is 23.3 Å². The van der Waals surface area contributed by atoms with Crippen LogP contribution in [0, 0.1) is 23.6 Å². The predicted octanol–water partition coefficient (Wildman–Crippen LogP) is 10.4. The summed E-state index contributed by atoms with van der Waals surface area (Å²) in [4.78, 5) is 0. The minimum absolute atomic E-state index is 0.196. The molecule has 0 saturated heterocycles. The van der Waals surface area contributed by atoms with Gasteiger partial charge in [0.05, 0.1) is 5.56 Å². The lowest BCUT2D eigenvalue weighted by atomic mass is 9.76. The highest BCUT2D eigenvalue weighted by Crippen LogP contribution is 2.39. The second kappa shape index (κ2) is 13.6. The van der Waals surface area contributed by atoms with Gasteiger partial charge in [-0.25, -0.2) is 4.39 Å². The van der Waals surface area contributed by atoms with Crippen molar-refractivity contribution in [2.24, 2.45) is 5.92 Å². The Hall–Kier alpha value is -2.59. The molecule has 1 heteroatoms. The first kappa shape index (κ1) is 26.5. The van der Waals surface area contributed by atoms with Gasteiger partial charge in [0.2, 0.25) is 0 Å². The maximum Gasteiger partial charge on any atom is 0.146 e. The zero-order valence-electron chi connectivity index (χ0n) is 22.4. The highest BCUT2D eigenvalue weighted by atomic mass is 19.1. The van der Waals surface area contributed by atoms with Gasteiger partial charge in [0, 0.05) is 10.9 Å². The van der Waals surface area contributed by atoms with Gasteiger partial charge in [-0.2, -0.15) is 0 Å². The summed E-state index contributed by atoms with van der Waals surface area (Å²) in [6.07, 6.45) is 17.0. The SMILES string of the molecule is CCCCCCC1CCC(c2ccc3c(F)c(C#Cc4ccc(CCCCC)cc4)ccc3c2)CC1. The molecule has 190 valence electrons. The highest BCUT2D eigenvalue weighted by Gasteiger charge is 2.22. The van der Waals surface area contributed by atoms with Crippen LogP contribution in [-0.2, 0) is 6.42 Å². The van der Waals surface area contributed by atoms with Crippen LogP contribution in [-0.4, -0.2) is 0 Å². The van der Waals surface area contributed by atoms with Crippen molar-refractivity contribution in [2.45, 2.75) is 103 Å². The summed E-state index contributed by atoms with van der Waals surface area (Å²) in [5, 5.41) is 1.68. The lowest BCUT2D eigenvalue weighted by Gasteiger charge is -2.29. The molecule has 3 aromatic carbocycles. The number of hydrogen-bond acceptors (Lipinski definition) is 0. The smallest absolute Gasteiger partial charge is 0.146 e. The standard InChI is InChI=1S/C35H43F/c1-3-5-7-9-11-28-16-19-30(20-17-28)32-24-25-34-33(26-32)23-22-31(35(34)36)21-18-29-14-12-27(13-15-29)10-8-6-4-2/h12-15,22-26,28,30H,3-11,16-17,19-20H2,1-2H3. The average molecular weight is 483 g/mol. The summed E-state index contributed by atoms with van der Waals surface area (Å²) in [5.41, 5.74) is 4.14. The molecule has 0 unspecified atom stereocenters. The Morgan fingerprint density at radius 2 is 1.50 bits per heavy atom. The van der Waals surface area contributed by atoms with Crippen LogP contribution in [0.4, 0.5) is 4.39 Å². The number of hydrogen-bond donors (Lipinski definition) is 0. The molecule has 1 aliphatic rings. The first-order valence-corrected chi connectivity index (χ1v) is 14.5. The summed E-state index contributed by atoms with van der Waals surface area (Å²) in [6.45, 7) is 4.51. The van der Waals surface area contributed by atoms with E-state index in [4.69, 9.17) is 0 Å². The Kier molecular flexibility index (Phi) is 10.0. The van der Waals surface area contributed by atoms with Gasteiger partial charge in [-0.15, -0.1) is 0 Å². The molecule has 1 saturated carbocycles. The molecule has 0 aromatic heterocycles. The summed E-state index contributed by atoms with van der Waals surface area (Å²) < 4.78 is 15.3. The molecule has 1 fully saturated rings. The molecular weight excluding hydrogens is 439 g/mol. The molecule has 0 N–H and O–H groups in total. The quantitative estimate of drug-likeness (QED) is 0.199. The number of benzene rings is 3. The van der Waals surface area contributed by atoms with Gasteiger partial charge in [0.15, 0.2) is 0 Å². The third kappa shape index (κ3) is 7.22. The molecule has 0 bridgehead atoms. The predicted molar refractivity (Wildman–Crippen MR) is 153 cm³/mol. The first-order valence-electron chi connectivity index (χ1n) is 14.5. The van der Waals surface area contributed by atoms with Gasteiger partial charge < -0.3 is 0 Å². The van der Waals surface area contributed by atoms with Gasteiger partial charge in [0.25, 0.3) is 0 Å². The van der Waals surface area contributed by atoms with E-state index in [1.807, 2.05) is 18.2 Å². The maximum absolute atomic E-state index is 15.3. The second-order valence-electron chi connectivity index (χ2n) is 10.9. The largest absolute Gasteiger partial charge is 0.205 e. The fourth-order valence-corrected chi connectivity index (χ4v) is 5.78. The minimum Gasteiger partial charge on any atom is -0.205 e. The van der Waals surface area contributed by atoms with Gasteiger partial charge in [-0.1, -0.05) is 107 Å². The van der Waals surface area contributed by atoms with E-state index < -0.39 is 0 Å². The fourth-order valence-electron chi connectivity index (χ4n) is 5.78. The van der Waals surface area contributed by atoms with Crippen molar-refractivity contribution in [3.05, 3.63) is 82.7 Å². The topological polar surface area (TPSA) is 0 Å². The molecule has 4 rings (SSSR count). The molecule has 3 aromatic rings. The Bertz CT molecular complexity index is 1150. The number of unbranched alkanes of at least 4 members (excludes halogenated alkanes) is 5. The van der Waals surface area contributed by atoms with Crippen molar-refractivity contribution in [2.75, 3.05) is 0 Å². The molecular formula is C35H43F. The first-order chi connectivity index (χ1) is 17.7. The van der Waals surface area contributed by atoms with E-state index in [2.05, 4.69) is 62.1 Å². The van der Waals surface area contributed by atoms with Crippen molar-refractivity contribution in [3.63, 3.8) is 0 Å². The molecule has 0 radical (unpaired) electrons. The number of rotatable bonds is 10. The van der Waals surface area contributed by atoms with Crippen molar-refractivity contribution in [3.8, 4) is 11.8 Å². The van der Waals surface area contributed by atoms with Crippen molar-refractivity contribution in [1.82, 2.24) is 0 Å². The van der Waals surface area contributed by atoms with E-state index in [-0.39, 0.29) is 5.82 Å². The van der Waals surface area contributed by atoms with Gasteiger partial charge in [0.1, 0.15) is 5.82 Å². The van der Waals surface area contributed by atoms with E-state index >= 15 is 4.39 Å². The van der Waals surface area contributed by atoms with E-state index in [1.165, 1.54) is 88.2 Å². The number of fused-ring (bicyclic) bond motifs is 1. The monoisotopic (exact) mass is 482 g/mol. The van der Waals surface area contributed by atoms with Crippen LogP contribution in [0.3, 0.4) is 0 Å². The minimum atomic E-state index is -0.196. The van der Waals surface area contributed by atoms with E-state index in [0.29, 0.717) is 16.9 Å². The molecule has 0 amide bonds. The summed E-state index contributed by atoms with van der Waals surface area (Å²) >= 11 is 0. The van der Waals surface area contributed by atoms with Gasteiger partial charge >= 0.3 is 0 Å². The third-order valence-corrected chi connectivity index (χ3v) is 8.13. The number of halogens is 1. The average Bonchev–Trinajstić information content (AvgIpc) is 2.92. The Balaban J connectivity index is 1.38. The third-order valence-electron chi connectivity index (χ3n) is 8.13. The highest BCUT2D eigenvalue weighted by molar-refractivity contribution is 5.85. The second-order valence-corrected chi connectivity index (χ2v) is 10.9. The summed E-state index contributed by atoms with van der Waals surface area (Å²) in [5.74, 6) is 7.57. The Labute approximate surface area is 218 Å². The lowest BCUT2D eigenvalue weighted by Crippen LogP contribution is -2.13. The summed E-state index contributed by atoms with van der Waals surface area (Å²) in [7, 11) is 0. The Morgan fingerprint density at radius 3 is 2.25 bits per heavy atom. The molecule has 1 aliphatic carbocycles. The molecule has 0 aliphatic heterocycles.